The molecule has 0 spiro atoms. The summed E-state index contributed by atoms with van der Waals surface area (Å²) in [6.45, 7) is 3.14. The number of rotatable bonds is 0. The zero-order valence-electron chi connectivity index (χ0n) is 9.39. The van der Waals surface area contributed by atoms with Gasteiger partial charge in [-0.1, -0.05) is 13.8 Å². The summed E-state index contributed by atoms with van der Waals surface area (Å²) in [5.74, 6) is 0. The maximum absolute atomic E-state index is 8.93. The molecule has 0 aromatic rings. The number of hydrogen-bond donors (Lipinski definition) is 5. The lowest BCUT2D eigenvalue weighted by Gasteiger charge is -2.01. The quantitative estimate of drug-likeness (QED) is 0.309. The summed E-state index contributed by atoms with van der Waals surface area (Å²) in [6.07, 6.45) is 0. The predicted octanol–water partition coefficient (Wildman–Crippen LogP) is -1.70. The predicted molar refractivity (Wildman–Crippen MR) is 51.1 cm³/mol. The summed E-state index contributed by atoms with van der Waals surface area (Å²) < 4.78 is 8.77. The summed E-state index contributed by atoms with van der Waals surface area (Å²) in [7, 11) is -4.89. The zero-order valence-corrected chi connectivity index (χ0v) is 10.3. The summed E-state index contributed by atoms with van der Waals surface area (Å²) in [6, 6.07) is 0. The molecule has 96 valence electrons. The first-order valence-electron chi connectivity index (χ1n) is 2.76. The van der Waals surface area contributed by atoms with Crippen molar-refractivity contribution < 1.29 is 29.5 Å². The van der Waals surface area contributed by atoms with E-state index in [2.05, 4.69) is 0 Å². The van der Waals surface area contributed by atoms with Crippen molar-refractivity contribution in [2.45, 2.75) is 13.8 Å². The van der Waals surface area contributed by atoms with Gasteiger partial charge in [-0.3, -0.25) is 4.57 Å². The molecular weight excluding hydrogens is 217 g/mol. The third-order valence-corrected chi connectivity index (χ3v) is 0. The van der Waals surface area contributed by atoms with E-state index in [0.717, 1.165) is 0 Å². The van der Waals surface area contributed by atoms with Crippen molar-refractivity contribution in [2.75, 3.05) is 13.2 Å². The highest BCUT2D eigenvalue weighted by Gasteiger charge is 1.82. The average Bonchev–Trinajstić information content (AvgIpc) is 1.62. The van der Waals surface area contributed by atoms with Crippen LogP contribution in [-0.2, 0) is 4.57 Å². The molecule has 9 nitrogen and oxygen atoms in total. The number of quaternary nitrogens is 3. The fourth-order valence-corrected chi connectivity index (χ4v) is 0. The summed E-state index contributed by atoms with van der Waals surface area (Å²) in [5.41, 5.74) is 0. The molecule has 0 fully saturated rings. The Balaban J connectivity index is -0.0000000162. The molecule has 14 heavy (non-hydrogen) atoms. The van der Waals surface area contributed by atoms with Gasteiger partial charge in [0.25, 0.3) is 7.82 Å². The highest BCUT2D eigenvalue weighted by Crippen LogP contribution is 2.18. The van der Waals surface area contributed by atoms with Crippen LogP contribution in [0.3, 0.4) is 0 Å². The van der Waals surface area contributed by atoms with E-state index >= 15 is 0 Å². The Kier molecular flexibility index (Phi) is 77.5. The minimum atomic E-state index is -4.89. The Morgan fingerprint density at radius 3 is 1.00 bits per heavy atom. The molecule has 14 N–H and O–H groups in total. The first kappa shape index (κ1) is 37.1. The molecule has 0 saturated heterocycles. The van der Waals surface area contributed by atoms with E-state index in [1.54, 1.807) is 13.8 Å². The first-order chi connectivity index (χ1) is 4.83. The van der Waals surface area contributed by atoms with Gasteiger partial charge in [0.15, 0.2) is 0 Å². The minimum absolute atomic E-state index is 0. The Labute approximate surface area is 83.8 Å². The third kappa shape index (κ3) is 175000. The zero-order chi connectivity index (χ0) is 9.91. The van der Waals surface area contributed by atoms with Crippen LogP contribution in [0, 0.1) is 0 Å². The molecule has 0 amide bonds. The molecule has 0 aromatic heterocycles. The molecule has 0 heterocycles. The van der Waals surface area contributed by atoms with Gasteiger partial charge in [0, 0.05) is 0 Å². The van der Waals surface area contributed by atoms with Crippen molar-refractivity contribution >= 4 is 7.82 Å². The lowest BCUT2D eigenvalue weighted by Crippen LogP contribution is -1.97. The van der Waals surface area contributed by atoms with Gasteiger partial charge in [-0.25, -0.2) is 0 Å². The summed E-state index contributed by atoms with van der Waals surface area (Å²) in [5, 5.41) is 17.9. The Morgan fingerprint density at radius 1 is 1.00 bits per heavy atom. The smallest absolute Gasteiger partial charge is 0.262 e. The molecule has 0 rings (SSSR count). The summed E-state index contributed by atoms with van der Waals surface area (Å²) >= 11 is 0. The molecule has 0 aliphatic carbocycles. The van der Waals surface area contributed by atoms with E-state index in [1.807, 2.05) is 0 Å². The Bertz CT molecular complexity index is 88.8. The topological polar surface area (TPSA) is 236 Å². The van der Waals surface area contributed by atoms with Gasteiger partial charge >= 0.3 is 0 Å². The highest BCUT2D eigenvalue weighted by atomic mass is 31.2. The second kappa shape index (κ2) is 29.3. The largest absolute Gasteiger partial charge is 0.855 e. The van der Waals surface area contributed by atoms with Gasteiger partial charge in [0.05, 0.1) is 0 Å². The van der Waals surface area contributed by atoms with Crippen molar-refractivity contribution in [1.29, 1.82) is 0 Å². The number of hydrogen-bond acceptors (Lipinski definition) is 4. The van der Waals surface area contributed by atoms with Gasteiger partial charge in [-0.05, 0) is 0 Å². The second-order valence-electron chi connectivity index (χ2n) is 1.07. The molecule has 0 aromatic carbocycles. The van der Waals surface area contributed by atoms with E-state index in [0.29, 0.717) is 0 Å². The molecule has 10 heteroatoms. The van der Waals surface area contributed by atoms with Crippen LogP contribution in [-0.4, -0.2) is 23.0 Å². The fraction of sp³-hybridized carbons (Fsp3) is 1.00. The van der Waals surface area contributed by atoms with Crippen molar-refractivity contribution in [2.24, 2.45) is 0 Å². The minimum Gasteiger partial charge on any atom is -0.855 e. The molecule has 0 unspecified atom stereocenters. The van der Waals surface area contributed by atoms with Crippen LogP contribution < -0.4 is 33.6 Å². The average molecular weight is 241 g/mol. The van der Waals surface area contributed by atoms with Crippen LogP contribution in [0.25, 0.3) is 0 Å². The highest BCUT2D eigenvalue weighted by molar-refractivity contribution is 7.43. The van der Waals surface area contributed by atoms with Crippen LogP contribution in [0.2, 0.25) is 0 Å². The van der Waals surface area contributed by atoms with Gasteiger partial charge in [-0.2, -0.15) is 0 Å². The van der Waals surface area contributed by atoms with Crippen molar-refractivity contribution in [1.82, 2.24) is 18.5 Å². The van der Waals surface area contributed by atoms with E-state index in [-0.39, 0.29) is 31.7 Å². The van der Waals surface area contributed by atoms with E-state index < -0.39 is 7.82 Å². The normalized spacial score (nSPS) is 6.79. The molecule has 0 bridgehead atoms. The van der Waals surface area contributed by atoms with Crippen LogP contribution in [0.5, 0.6) is 0 Å². The van der Waals surface area contributed by atoms with Gasteiger partial charge < -0.3 is 43.3 Å². The Hall–Kier alpha value is -0.0900. The van der Waals surface area contributed by atoms with Crippen molar-refractivity contribution in [3.05, 3.63) is 0 Å². The van der Waals surface area contributed by atoms with E-state index in [4.69, 9.17) is 29.5 Å². The number of phosphoric acid groups is 1. The first-order valence-corrected chi connectivity index (χ1v) is 4.29. The monoisotopic (exact) mass is 241 g/mol. The molecule has 0 aliphatic heterocycles. The fourth-order valence-electron chi connectivity index (χ4n) is 0. The van der Waals surface area contributed by atoms with Crippen molar-refractivity contribution in [3.63, 3.8) is 0 Å². The molecule has 0 radical (unpaired) electrons. The lowest BCUT2D eigenvalue weighted by atomic mass is 10.9. The SMILES string of the molecule is CC[O-].CC[O-].O=P([O-])(O)O.[NH4+].[NH4+].[NH4+]. The van der Waals surface area contributed by atoms with Crippen LogP contribution in [0.15, 0.2) is 0 Å². The lowest BCUT2D eigenvalue weighted by molar-refractivity contribution is -0.362. The molecule has 0 aliphatic rings. The van der Waals surface area contributed by atoms with E-state index in [9.17, 15) is 0 Å². The molecular formula is C4H24N3O6P. The summed E-state index contributed by atoms with van der Waals surface area (Å²) in [4.78, 5) is 22.9. The Morgan fingerprint density at radius 2 is 1.00 bits per heavy atom. The van der Waals surface area contributed by atoms with Gasteiger partial charge in [0.1, 0.15) is 0 Å². The third-order valence-electron chi connectivity index (χ3n) is 0. The van der Waals surface area contributed by atoms with Crippen LogP contribution in [0.4, 0.5) is 0 Å². The van der Waals surface area contributed by atoms with Gasteiger partial charge in [-0.15, -0.1) is 13.2 Å². The molecule has 0 saturated carbocycles. The second-order valence-corrected chi connectivity index (χ2v) is 2.05. The standard InChI is InChI=1S/2C2H5O.3H3N.H3O4P/c2*1-2-3;;;;1-5(2,3)4/h2*2H2,1H3;3*1H3;(H3,1,2,3,4)/q2*-1;;;;/p+2. The van der Waals surface area contributed by atoms with Crippen molar-refractivity contribution in [3.8, 4) is 0 Å². The maximum atomic E-state index is 8.93. The van der Waals surface area contributed by atoms with Gasteiger partial charge in [0.2, 0.25) is 0 Å². The van der Waals surface area contributed by atoms with E-state index in [1.165, 1.54) is 0 Å². The van der Waals surface area contributed by atoms with Crippen LogP contribution >= 0.6 is 7.82 Å². The van der Waals surface area contributed by atoms with Crippen LogP contribution in [0.1, 0.15) is 13.8 Å². The maximum Gasteiger partial charge on any atom is 0.262 e. The molecule has 0 atom stereocenters.